The molecule has 0 aliphatic carbocycles. The number of alkyl halides is 3. The number of rotatable bonds is 5. The summed E-state index contributed by atoms with van der Waals surface area (Å²) < 4.78 is 42.7. The molecule has 7 nitrogen and oxygen atoms in total. The Balaban J connectivity index is 1.31. The largest absolute Gasteiger partial charge is 0.437 e. The molecule has 36 heavy (non-hydrogen) atoms. The van der Waals surface area contributed by atoms with Gasteiger partial charge in [0.15, 0.2) is 6.10 Å². The number of ether oxygens (including phenoxy) is 1. The van der Waals surface area contributed by atoms with Crippen LogP contribution in [0.2, 0.25) is 0 Å². The van der Waals surface area contributed by atoms with Crippen molar-refractivity contribution >= 4 is 17.7 Å². The van der Waals surface area contributed by atoms with Crippen molar-refractivity contribution in [3.05, 3.63) is 29.3 Å². The molecule has 1 aromatic rings. The third-order valence-electron chi connectivity index (χ3n) is 7.61. The highest BCUT2D eigenvalue weighted by molar-refractivity contribution is 5.79. The normalized spacial score (nSPS) is 21.1. The summed E-state index contributed by atoms with van der Waals surface area (Å²) in [5, 5.41) is 0. The molecule has 1 atom stereocenters. The van der Waals surface area contributed by atoms with Crippen LogP contribution in [0.15, 0.2) is 18.2 Å². The number of amides is 2. The van der Waals surface area contributed by atoms with E-state index in [1.165, 1.54) is 21.7 Å². The summed E-state index contributed by atoms with van der Waals surface area (Å²) in [4.78, 5) is 32.9. The van der Waals surface area contributed by atoms with E-state index in [9.17, 15) is 22.8 Å². The highest BCUT2D eigenvalue weighted by Crippen LogP contribution is 2.30. The summed E-state index contributed by atoms with van der Waals surface area (Å²) in [6.07, 6.45) is -3.65. The van der Waals surface area contributed by atoms with Gasteiger partial charge in [-0.1, -0.05) is 12.1 Å². The first-order valence-electron chi connectivity index (χ1n) is 13.0. The number of carbonyl (C=O) groups excluding carboxylic acids is 2. The van der Waals surface area contributed by atoms with Gasteiger partial charge < -0.3 is 19.4 Å². The molecule has 2 amide bonds. The standard InChI is InChI=1S/C26H37F3N4O3/c1-19-5-6-22(18-30-13-15-33(16-14-30)25(35)36-20(2)26(27,28)29)23(17-19)31-11-7-21(8-12-31)24(34)32-9-3-4-10-32/h5-6,17,20-21H,3-4,7-16,18H2,1-2H3. The predicted molar refractivity (Wildman–Crippen MR) is 131 cm³/mol. The smallest absolute Gasteiger partial charge is 0.425 e. The number of carbonyl (C=O) groups is 2. The predicted octanol–water partition coefficient (Wildman–Crippen LogP) is 4.04. The lowest BCUT2D eigenvalue weighted by Crippen LogP contribution is -2.49. The second-order valence-electron chi connectivity index (χ2n) is 10.3. The quantitative estimate of drug-likeness (QED) is 0.599. The highest BCUT2D eigenvalue weighted by atomic mass is 19.4. The summed E-state index contributed by atoms with van der Waals surface area (Å²) in [6.45, 7) is 8.88. The molecule has 0 bridgehead atoms. The molecule has 0 N–H and O–H groups in total. The van der Waals surface area contributed by atoms with Gasteiger partial charge >= 0.3 is 12.3 Å². The molecule has 3 aliphatic rings. The minimum Gasteiger partial charge on any atom is -0.437 e. The molecule has 1 aromatic carbocycles. The van der Waals surface area contributed by atoms with E-state index in [-0.39, 0.29) is 5.92 Å². The Morgan fingerprint density at radius 3 is 2.22 bits per heavy atom. The van der Waals surface area contributed by atoms with Crippen molar-refractivity contribution in [2.24, 2.45) is 5.92 Å². The number of hydrogen-bond acceptors (Lipinski definition) is 5. The molecule has 1 unspecified atom stereocenters. The van der Waals surface area contributed by atoms with Crippen molar-refractivity contribution in [2.75, 3.05) is 57.3 Å². The van der Waals surface area contributed by atoms with Gasteiger partial charge in [-0.15, -0.1) is 0 Å². The SMILES string of the molecule is Cc1ccc(CN2CCN(C(=O)OC(C)C(F)(F)F)CC2)c(N2CCC(C(=O)N3CCCC3)CC2)c1. The molecule has 3 aliphatic heterocycles. The molecule has 4 rings (SSSR count). The number of nitrogens with zero attached hydrogens (tertiary/aromatic N) is 4. The number of hydrogen-bond donors (Lipinski definition) is 0. The maximum Gasteiger partial charge on any atom is 0.425 e. The lowest BCUT2D eigenvalue weighted by atomic mass is 9.94. The van der Waals surface area contributed by atoms with E-state index in [2.05, 4.69) is 39.7 Å². The van der Waals surface area contributed by atoms with E-state index in [4.69, 9.17) is 0 Å². The molecule has 3 heterocycles. The van der Waals surface area contributed by atoms with E-state index >= 15 is 0 Å². The van der Waals surface area contributed by atoms with E-state index < -0.39 is 18.4 Å². The van der Waals surface area contributed by atoms with Crippen LogP contribution >= 0.6 is 0 Å². The van der Waals surface area contributed by atoms with Crippen molar-refractivity contribution < 1.29 is 27.5 Å². The summed E-state index contributed by atoms with van der Waals surface area (Å²) in [5.41, 5.74) is 3.55. The van der Waals surface area contributed by atoms with Gasteiger partial charge in [-0.2, -0.15) is 13.2 Å². The van der Waals surface area contributed by atoms with E-state index in [0.29, 0.717) is 38.6 Å². The summed E-state index contributed by atoms with van der Waals surface area (Å²) in [5.74, 6) is 0.429. The Labute approximate surface area is 211 Å². The van der Waals surface area contributed by atoms with Crippen molar-refractivity contribution in [2.45, 2.75) is 58.4 Å². The third-order valence-corrected chi connectivity index (χ3v) is 7.61. The van der Waals surface area contributed by atoms with Gasteiger partial charge in [0, 0.05) is 70.5 Å². The van der Waals surface area contributed by atoms with Gasteiger partial charge in [-0.05, 0) is 56.7 Å². The Morgan fingerprint density at radius 1 is 0.972 bits per heavy atom. The van der Waals surface area contributed by atoms with Crippen LogP contribution < -0.4 is 4.90 Å². The Kier molecular flexibility index (Phi) is 8.32. The Morgan fingerprint density at radius 2 is 1.61 bits per heavy atom. The maximum atomic E-state index is 12.8. The Hall–Kier alpha value is -2.49. The van der Waals surface area contributed by atoms with Gasteiger partial charge in [-0.25, -0.2) is 4.79 Å². The van der Waals surface area contributed by atoms with Gasteiger partial charge in [0.1, 0.15) is 0 Å². The zero-order chi connectivity index (χ0) is 25.9. The van der Waals surface area contributed by atoms with Gasteiger partial charge in [0.2, 0.25) is 5.91 Å². The van der Waals surface area contributed by atoms with Crippen molar-refractivity contribution in [1.82, 2.24) is 14.7 Å². The van der Waals surface area contributed by atoms with Crippen LogP contribution in [0.5, 0.6) is 0 Å². The fraction of sp³-hybridized carbons (Fsp3) is 0.692. The first-order chi connectivity index (χ1) is 17.1. The number of halogens is 3. The zero-order valence-electron chi connectivity index (χ0n) is 21.2. The van der Waals surface area contributed by atoms with Gasteiger partial charge in [-0.3, -0.25) is 9.69 Å². The van der Waals surface area contributed by atoms with Crippen molar-refractivity contribution in [3.63, 3.8) is 0 Å². The minimum absolute atomic E-state index is 0.112. The molecule has 0 spiro atoms. The lowest BCUT2D eigenvalue weighted by Gasteiger charge is -2.38. The van der Waals surface area contributed by atoms with E-state index in [1.54, 1.807) is 0 Å². The molecular weight excluding hydrogens is 473 g/mol. The van der Waals surface area contributed by atoms with Crippen LogP contribution in [0.3, 0.4) is 0 Å². The fourth-order valence-corrected chi connectivity index (χ4v) is 5.29. The average Bonchev–Trinajstić information content (AvgIpc) is 3.40. The number of anilines is 1. The second-order valence-corrected chi connectivity index (χ2v) is 10.3. The molecular formula is C26H37F3N4O3. The summed E-state index contributed by atoms with van der Waals surface area (Å²) in [6, 6.07) is 6.43. The summed E-state index contributed by atoms with van der Waals surface area (Å²) >= 11 is 0. The molecule has 0 radical (unpaired) electrons. The number of benzene rings is 1. The molecule has 0 aromatic heterocycles. The van der Waals surface area contributed by atoms with E-state index in [1.807, 2.05) is 4.90 Å². The van der Waals surface area contributed by atoms with E-state index in [0.717, 1.165) is 58.8 Å². The van der Waals surface area contributed by atoms with Crippen LogP contribution in [0.25, 0.3) is 0 Å². The average molecular weight is 511 g/mol. The molecule has 3 fully saturated rings. The van der Waals surface area contributed by atoms with Crippen LogP contribution in [0.1, 0.15) is 43.7 Å². The number of likely N-dealkylation sites (tertiary alicyclic amines) is 1. The molecule has 200 valence electrons. The monoisotopic (exact) mass is 510 g/mol. The molecule has 10 heteroatoms. The van der Waals surface area contributed by atoms with Crippen molar-refractivity contribution in [1.29, 1.82) is 0 Å². The van der Waals surface area contributed by atoms with Crippen molar-refractivity contribution in [3.8, 4) is 0 Å². The van der Waals surface area contributed by atoms with Gasteiger partial charge in [0.05, 0.1) is 0 Å². The first kappa shape index (κ1) is 26.6. The van der Waals surface area contributed by atoms with Crippen LogP contribution in [0, 0.1) is 12.8 Å². The fourth-order valence-electron chi connectivity index (χ4n) is 5.29. The van der Waals surface area contributed by atoms with Crippen LogP contribution in [-0.4, -0.2) is 91.3 Å². The topological polar surface area (TPSA) is 56.3 Å². The second kappa shape index (κ2) is 11.3. The van der Waals surface area contributed by atoms with Crippen LogP contribution in [0.4, 0.5) is 23.7 Å². The minimum atomic E-state index is -4.56. The molecule has 3 saturated heterocycles. The number of piperazine rings is 1. The third kappa shape index (κ3) is 6.44. The zero-order valence-corrected chi connectivity index (χ0v) is 21.2. The maximum absolute atomic E-state index is 12.8. The van der Waals surface area contributed by atoms with Crippen LogP contribution in [-0.2, 0) is 16.1 Å². The van der Waals surface area contributed by atoms with Gasteiger partial charge in [0.25, 0.3) is 0 Å². The molecule has 0 saturated carbocycles. The lowest BCUT2D eigenvalue weighted by molar-refractivity contribution is -0.200. The number of piperidine rings is 1. The highest BCUT2D eigenvalue weighted by Gasteiger charge is 2.40. The Bertz CT molecular complexity index is 919. The first-order valence-corrected chi connectivity index (χ1v) is 13.0. The number of aryl methyl sites for hydroxylation is 1. The summed E-state index contributed by atoms with van der Waals surface area (Å²) in [7, 11) is 0.